The summed E-state index contributed by atoms with van der Waals surface area (Å²) < 4.78 is 0. The number of hydrogen-bond donors (Lipinski definition) is 2. The van der Waals surface area contributed by atoms with Crippen LogP contribution in [0, 0.1) is 0 Å². The molecule has 1 atom stereocenters. The summed E-state index contributed by atoms with van der Waals surface area (Å²) >= 11 is 6.27. The number of hydrogen-bond acceptors (Lipinski definition) is 3. The molecule has 0 fully saturated rings. The number of aliphatic hydroxyl groups is 1. The highest BCUT2D eigenvalue weighted by Crippen LogP contribution is 2.29. The molecule has 4 heteroatoms. The van der Waals surface area contributed by atoms with Gasteiger partial charge in [-0.15, -0.1) is 0 Å². The minimum Gasteiger partial charge on any atom is -0.395 e. The second-order valence-electron chi connectivity index (χ2n) is 4.51. The summed E-state index contributed by atoms with van der Waals surface area (Å²) in [4.78, 5) is 2.08. The SMILES string of the molecule is CC(N)c1ccc(N(CCO)C(C)C)c(Cl)c1. The quantitative estimate of drug-likeness (QED) is 0.851. The van der Waals surface area contributed by atoms with E-state index in [1.165, 1.54) is 0 Å². The minimum atomic E-state index is -0.0214. The van der Waals surface area contributed by atoms with Crippen LogP contribution >= 0.6 is 11.6 Å². The smallest absolute Gasteiger partial charge is 0.0643 e. The first-order valence-corrected chi connectivity index (χ1v) is 6.27. The zero-order valence-corrected chi connectivity index (χ0v) is 11.4. The summed E-state index contributed by atoms with van der Waals surface area (Å²) in [7, 11) is 0. The predicted molar refractivity (Wildman–Crippen MR) is 73.6 cm³/mol. The highest BCUT2D eigenvalue weighted by molar-refractivity contribution is 6.33. The van der Waals surface area contributed by atoms with Crippen molar-refractivity contribution in [1.82, 2.24) is 0 Å². The molecule has 1 aromatic carbocycles. The Morgan fingerprint density at radius 1 is 1.35 bits per heavy atom. The number of halogens is 1. The van der Waals surface area contributed by atoms with Gasteiger partial charge in [0.1, 0.15) is 0 Å². The highest BCUT2D eigenvalue weighted by atomic mass is 35.5. The van der Waals surface area contributed by atoms with Crippen molar-refractivity contribution in [3.05, 3.63) is 28.8 Å². The third kappa shape index (κ3) is 3.60. The van der Waals surface area contributed by atoms with Crippen LogP contribution in [0.4, 0.5) is 5.69 Å². The molecule has 17 heavy (non-hydrogen) atoms. The molecule has 0 aliphatic carbocycles. The molecule has 0 spiro atoms. The van der Waals surface area contributed by atoms with Gasteiger partial charge < -0.3 is 15.7 Å². The van der Waals surface area contributed by atoms with Gasteiger partial charge in [0.05, 0.1) is 17.3 Å². The maximum Gasteiger partial charge on any atom is 0.0643 e. The third-order valence-electron chi connectivity index (χ3n) is 2.77. The van der Waals surface area contributed by atoms with Crippen LogP contribution in [0.5, 0.6) is 0 Å². The zero-order chi connectivity index (χ0) is 13.0. The lowest BCUT2D eigenvalue weighted by Gasteiger charge is -2.29. The van der Waals surface area contributed by atoms with Crippen LogP contribution in [0.1, 0.15) is 32.4 Å². The first kappa shape index (κ1) is 14.3. The molecule has 0 aliphatic rings. The monoisotopic (exact) mass is 256 g/mol. The molecule has 0 heterocycles. The van der Waals surface area contributed by atoms with Crippen LogP contribution in [0.2, 0.25) is 5.02 Å². The molecule has 96 valence electrons. The third-order valence-corrected chi connectivity index (χ3v) is 3.07. The number of aliphatic hydroxyl groups excluding tert-OH is 1. The topological polar surface area (TPSA) is 49.5 Å². The van der Waals surface area contributed by atoms with Gasteiger partial charge in [0, 0.05) is 18.6 Å². The van der Waals surface area contributed by atoms with Gasteiger partial charge in [0.15, 0.2) is 0 Å². The van der Waals surface area contributed by atoms with Crippen molar-refractivity contribution in [3.63, 3.8) is 0 Å². The maximum absolute atomic E-state index is 9.08. The Hall–Kier alpha value is -0.770. The molecule has 0 aromatic heterocycles. The summed E-state index contributed by atoms with van der Waals surface area (Å²) in [5, 5.41) is 9.76. The molecule has 0 saturated heterocycles. The second kappa shape index (κ2) is 6.24. The molecule has 1 unspecified atom stereocenters. The van der Waals surface area contributed by atoms with Crippen molar-refractivity contribution in [2.75, 3.05) is 18.1 Å². The molecule has 0 aliphatic heterocycles. The lowest BCUT2D eigenvalue weighted by Crippen LogP contribution is -2.33. The first-order chi connectivity index (χ1) is 7.97. The predicted octanol–water partition coefficient (Wildman–Crippen LogP) is 2.57. The Labute approximate surface area is 108 Å². The van der Waals surface area contributed by atoms with E-state index >= 15 is 0 Å². The van der Waals surface area contributed by atoms with E-state index in [-0.39, 0.29) is 12.6 Å². The van der Waals surface area contributed by atoms with Crippen molar-refractivity contribution in [3.8, 4) is 0 Å². The van der Waals surface area contributed by atoms with Crippen molar-refractivity contribution >= 4 is 17.3 Å². The average Bonchev–Trinajstić information content (AvgIpc) is 2.26. The van der Waals surface area contributed by atoms with E-state index in [1.54, 1.807) is 0 Å². The van der Waals surface area contributed by atoms with Crippen LogP contribution in [0.25, 0.3) is 0 Å². The van der Waals surface area contributed by atoms with Gasteiger partial charge in [0.2, 0.25) is 0 Å². The molecule has 0 amide bonds. The summed E-state index contributed by atoms with van der Waals surface area (Å²) in [6, 6.07) is 6.12. The second-order valence-corrected chi connectivity index (χ2v) is 4.92. The fourth-order valence-corrected chi connectivity index (χ4v) is 2.10. The number of anilines is 1. The number of rotatable bonds is 5. The molecule has 0 saturated carbocycles. The van der Waals surface area contributed by atoms with E-state index in [1.807, 2.05) is 25.1 Å². The van der Waals surface area contributed by atoms with E-state index in [2.05, 4.69) is 18.7 Å². The molecule has 3 N–H and O–H groups in total. The minimum absolute atomic E-state index is 0.0214. The Balaban J connectivity index is 3.04. The summed E-state index contributed by atoms with van der Waals surface area (Å²) in [5.41, 5.74) is 7.78. The van der Waals surface area contributed by atoms with E-state index < -0.39 is 0 Å². The Morgan fingerprint density at radius 2 is 2.00 bits per heavy atom. The zero-order valence-electron chi connectivity index (χ0n) is 10.7. The van der Waals surface area contributed by atoms with E-state index in [9.17, 15) is 0 Å². The number of benzene rings is 1. The van der Waals surface area contributed by atoms with Gasteiger partial charge in [-0.25, -0.2) is 0 Å². The van der Waals surface area contributed by atoms with Crippen LogP contribution in [-0.4, -0.2) is 24.3 Å². The largest absolute Gasteiger partial charge is 0.395 e. The van der Waals surface area contributed by atoms with E-state index in [0.717, 1.165) is 11.3 Å². The van der Waals surface area contributed by atoms with Gasteiger partial charge in [-0.05, 0) is 38.5 Å². The molecule has 0 bridgehead atoms. The first-order valence-electron chi connectivity index (χ1n) is 5.90. The molecule has 1 aromatic rings. The molecular formula is C13H21ClN2O. The Kier molecular flexibility index (Phi) is 5.25. The van der Waals surface area contributed by atoms with Crippen LogP contribution in [0.15, 0.2) is 18.2 Å². The summed E-state index contributed by atoms with van der Waals surface area (Å²) in [5.74, 6) is 0. The van der Waals surface area contributed by atoms with Gasteiger partial charge in [-0.2, -0.15) is 0 Å². The molecule has 3 nitrogen and oxygen atoms in total. The van der Waals surface area contributed by atoms with Crippen molar-refractivity contribution < 1.29 is 5.11 Å². The van der Waals surface area contributed by atoms with Gasteiger partial charge in [-0.3, -0.25) is 0 Å². The number of nitrogens with two attached hydrogens (primary N) is 1. The average molecular weight is 257 g/mol. The van der Waals surface area contributed by atoms with Crippen LogP contribution in [-0.2, 0) is 0 Å². The fraction of sp³-hybridized carbons (Fsp3) is 0.538. The summed E-state index contributed by atoms with van der Waals surface area (Å²) in [6.07, 6.45) is 0. The Bertz CT molecular complexity index is 366. The van der Waals surface area contributed by atoms with E-state index in [0.29, 0.717) is 17.6 Å². The van der Waals surface area contributed by atoms with Crippen molar-refractivity contribution in [1.29, 1.82) is 0 Å². The van der Waals surface area contributed by atoms with Crippen molar-refractivity contribution in [2.24, 2.45) is 5.73 Å². The lowest BCUT2D eigenvalue weighted by atomic mass is 10.1. The number of nitrogens with zero attached hydrogens (tertiary/aromatic N) is 1. The molecule has 1 rings (SSSR count). The standard InChI is InChI=1S/C13H21ClN2O/c1-9(2)16(6-7-17)13-5-4-11(10(3)15)8-12(13)14/h4-5,8-10,17H,6-7,15H2,1-3H3. The highest BCUT2D eigenvalue weighted by Gasteiger charge is 2.14. The fourth-order valence-electron chi connectivity index (χ4n) is 1.80. The molecule has 0 radical (unpaired) electrons. The maximum atomic E-state index is 9.08. The van der Waals surface area contributed by atoms with Gasteiger partial charge in [0.25, 0.3) is 0 Å². The normalized spacial score (nSPS) is 12.9. The summed E-state index contributed by atoms with van der Waals surface area (Å²) in [6.45, 7) is 6.77. The van der Waals surface area contributed by atoms with Gasteiger partial charge >= 0.3 is 0 Å². The lowest BCUT2D eigenvalue weighted by molar-refractivity contribution is 0.299. The van der Waals surface area contributed by atoms with Crippen LogP contribution in [0.3, 0.4) is 0 Å². The molecular weight excluding hydrogens is 236 g/mol. The van der Waals surface area contributed by atoms with Crippen molar-refractivity contribution in [2.45, 2.75) is 32.9 Å². The Morgan fingerprint density at radius 3 is 2.41 bits per heavy atom. The van der Waals surface area contributed by atoms with E-state index in [4.69, 9.17) is 22.4 Å². The van der Waals surface area contributed by atoms with Crippen LogP contribution < -0.4 is 10.6 Å². The van der Waals surface area contributed by atoms with Gasteiger partial charge in [-0.1, -0.05) is 17.7 Å².